The van der Waals surface area contributed by atoms with Crippen LogP contribution in [0.25, 0.3) is 0 Å². The largest absolute Gasteiger partial charge is 0.372 e. The highest BCUT2D eigenvalue weighted by molar-refractivity contribution is 7.89. The van der Waals surface area contributed by atoms with Crippen LogP contribution in [0.15, 0.2) is 23.1 Å². The number of nitrogens with zero attached hydrogens (tertiary/aromatic N) is 1. The highest BCUT2D eigenvalue weighted by Gasteiger charge is 2.39. The molecule has 5 nitrogen and oxygen atoms in total. The van der Waals surface area contributed by atoms with Gasteiger partial charge in [-0.05, 0) is 37.0 Å². The third-order valence-electron chi connectivity index (χ3n) is 4.10. The molecule has 0 spiro atoms. The third-order valence-corrected chi connectivity index (χ3v) is 6.09. The second kappa shape index (κ2) is 5.11. The first-order valence-corrected chi connectivity index (χ1v) is 8.40. The molecule has 2 bridgehead atoms. The van der Waals surface area contributed by atoms with E-state index in [1.165, 1.54) is 0 Å². The van der Waals surface area contributed by atoms with Gasteiger partial charge in [-0.15, -0.1) is 0 Å². The van der Waals surface area contributed by atoms with E-state index in [2.05, 4.69) is 0 Å². The summed E-state index contributed by atoms with van der Waals surface area (Å²) in [5, 5.41) is 0. The summed E-state index contributed by atoms with van der Waals surface area (Å²) in [5.74, 6) is 0. The average molecular weight is 296 g/mol. The lowest BCUT2D eigenvalue weighted by atomic mass is 10.1. The van der Waals surface area contributed by atoms with Crippen molar-refractivity contribution in [3.63, 3.8) is 0 Å². The maximum Gasteiger partial charge on any atom is 0.243 e. The topological polar surface area (TPSA) is 72.6 Å². The van der Waals surface area contributed by atoms with Crippen LogP contribution in [0.4, 0.5) is 0 Å². The number of hydrogen-bond donors (Lipinski definition) is 1. The first-order chi connectivity index (χ1) is 9.50. The van der Waals surface area contributed by atoms with Crippen LogP contribution in [-0.2, 0) is 21.3 Å². The molecule has 1 aromatic carbocycles. The molecule has 2 aliphatic rings. The summed E-state index contributed by atoms with van der Waals surface area (Å²) in [6.45, 7) is 3.18. The van der Waals surface area contributed by atoms with E-state index in [9.17, 15) is 8.42 Å². The SMILES string of the molecule is Cc1cc(CN)ccc1S(=O)(=O)N1CC2CCC(C1)O2. The molecule has 6 heteroatoms. The predicted octanol–water partition coefficient (Wildman–Crippen LogP) is 1.01. The molecular formula is C14H20N2O3S. The van der Waals surface area contributed by atoms with Gasteiger partial charge >= 0.3 is 0 Å². The Labute approximate surface area is 119 Å². The number of rotatable bonds is 3. The Morgan fingerprint density at radius 3 is 2.50 bits per heavy atom. The van der Waals surface area contributed by atoms with Crippen molar-refractivity contribution in [1.29, 1.82) is 0 Å². The van der Waals surface area contributed by atoms with Gasteiger partial charge in [-0.25, -0.2) is 8.42 Å². The van der Waals surface area contributed by atoms with Crippen LogP contribution in [-0.4, -0.2) is 38.0 Å². The van der Waals surface area contributed by atoms with Crippen LogP contribution >= 0.6 is 0 Å². The first-order valence-electron chi connectivity index (χ1n) is 6.96. The molecule has 2 unspecified atom stereocenters. The van der Waals surface area contributed by atoms with E-state index < -0.39 is 10.0 Å². The Balaban J connectivity index is 1.92. The highest BCUT2D eigenvalue weighted by Crippen LogP contribution is 2.30. The van der Waals surface area contributed by atoms with E-state index in [0.29, 0.717) is 24.5 Å². The van der Waals surface area contributed by atoms with E-state index in [-0.39, 0.29) is 12.2 Å². The normalized spacial score (nSPS) is 26.9. The Kier molecular flexibility index (Phi) is 3.58. The van der Waals surface area contributed by atoms with Gasteiger partial charge in [0, 0.05) is 19.6 Å². The summed E-state index contributed by atoms with van der Waals surface area (Å²) in [4.78, 5) is 0.385. The maximum atomic E-state index is 12.8. The van der Waals surface area contributed by atoms with Crippen LogP contribution in [0.5, 0.6) is 0 Å². The van der Waals surface area contributed by atoms with Gasteiger partial charge in [0.05, 0.1) is 17.1 Å². The van der Waals surface area contributed by atoms with Crippen LogP contribution in [0.1, 0.15) is 24.0 Å². The van der Waals surface area contributed by atoms with E-state index in [1.54, 1.807) is 16.4 Å². The Hall–Kier alpha value is -0.950. The molecule has 2 N–H and O–H groups in total. The van der Waals surface area contributed by atoms with Crippen molar-refractivity contribution in [2.75, 3.05) is 13.1 Å². The molecule has 2 aliphatic heterocycles. The fourth-order valence-corrected chi connectivity index (χ4v) is 4.75. The quantitative estimate of drug-likeness (QED) is 0.903. The van der Waals surface area contributed by atoms with Crippen LogP contribution in [0.2, 0.25) is 0 Å². The summed E-state index contributed by atoms with van der Waals surface area (Å²) in [6.07, 6.45) is 2.04. The Bertz CT molecular complexity index is 603. The molecule has 2 saturated heterocycles. The number of morpholine rings is 1. The number of hydrogen-bond acceptors (Lipinski definition) is 4. The Morgan fingerprint density at radius 2 is 1.95 bits per heavy atom. The predicted molar refractivity (Wildman–Crippen MR) is 75.7 cm³/mol. The lowest BCUT2D eigenvalue weighted by Gasteiger charge is -2.31. The smallest absolute Gasteiger partial charge is 0.243 e. The zero-order valence-electron chi connectivity index (χ0n) is 11.6. The zero-order valence-corrected chi connectivity index (χ0v) is 12.4. The average Bonchev–Trinajstić information content (AvgIpc) is 2.76. The number of fused-ring (bicyclic) bond motifs is 2. The Morgan fingerprint density at radius 1 is 1.30 bits per heavy atom. The van der Waals surface area contributed by atoms with E-state index >= 15 is 0 Å². The molecule has 20 heavy (non-hydrogen) atoms. The molecule has 110 valence electrons. The van der Waals surface area contributed by atoms with Crippen molar-refractivity contribution in [1.82, 2.24) is 4.31 Å². The van der Waals surface area contributed by atoms with Crippen molar-refractivity contribution in [3.8, 4) is 0 Å². The third kappa shape index (κ3) is 2.37. The summed E-state index contributed by atoms with van der Waals surface area (Å²) < 4.78 is 32.8. The number of aryl methyl sites for hydroxylation is 1. The summed E-state index contributed by atoms with van der Waals surface area (Å²) in [5.41, 5.74) is 7.29. The maximum absolute atomic E-state index is 12.8. The number of ether oxygens (including phenoxy) is 1. The second-order valence-electron chi connectivity index (χ2n) is 5.58. The molecule has 3 rings (SSSR count). The van der Waals surface area contributed by atoms with Gasteiger partial charge < -0.3 is 10.5 Å². The highest BCUT2D eigenvalue weighted by atomic mass is 32.2. The van der Waals surface area contributed by atoms with Gasteiger partial charge in [0.15, 0.2) is 0 Å². The van der Waals surface area contributed by atoms with Crippen molar-refractivity contribution < 1.29 is 13.2 Å². The molecule has 0 saturated carbocycles. The van der Waals surface area contributed by atoms with Crippen molar-refractivity contribution in [2.45, 2.75) is 43.4 Å². The van der Waals surface area contributed by atoms with Crippen LogP contribution in [0.3, 0.4) is 0 Å². The monoisotopic (exact) mass is 296 g/mol. The van der Waals surface area contributed by atoms with E-state index in [4.69, 9.17) is 10.5 Å². The van der Waals surface area contributed by atoms with Crippen molar-refractivity contribution >= 4 is 10.0 Å². The van der Waals surface area contributed by atoms with Gasteiger partial charge in [0.25, 0.3) is 0 Å². The summed E-state index contributed by atoms with van der Waals surface area (Å²) in [6, 6.07) is 5.31. The fraction of sp³-hybridized carbons (Fsp3) is 0.571. The van der Waals surface area contributed by atoms with Gasteiger partial charge in [0.1, 0.15) is 0 Å². The minimum Gasteiger partial charge on any atom is -0.372 e. The van der Waals surface area contributed by atoms with Gasteiger partial charge in [0.2, 0.25) is 10.0 Å². The lowest BCUT2D eigenvalue weighted by Crippen LogP contribution is -2.45. The van der Waals surface area contributed by atoms with E-state index in [1.807, 2.05) is 13.0 Å². The van der Waals surface area contributed by atoms with Crippen molar-refractivity contribution in [2.24, 2.45) is 5.73 Å². The zero-order chi connectivity index (χ0) is 14.3. The standard InChI is InChI=1S/C14H20N2O3S/c1-10-6-11(7-15)2-5-14(10)20(17,18)16-8-12-3-4-13(9-16)19-12/h2,5-6,12-13H,3-4,7-9,15H2,1H3. The van der Waals surface area contributed by atoms with Crippen molar-refractivity contribution in [3.05, 3.63) is 29.3 Å². The fourth-order valence-electron chi connectivity index (χ4n) is 3.04. The van der Waals surface area contributed by atoms with E-state index in [0.717, 1.165) is 24.0 Å². The minimum atomic E-state index is -3.43. The molecule has 0 amide bonds. The molecule has 1 aromatic rings. The van der Waals surface area contributed by atoms with Gasteiger partial charge in [-0.2, -0.15) is 4.31 Å². The van der Waals surface area contributed by atoms with Gasteiger partial charge in [-0.1, -0.05) is 12.1 Å². The molecule has 0 aromatic heterocycles. The number of sulfonamides is 1. The molecule has 0 radical (unpaired) electrons. The molecule has 2 heterocycles. The minimum absolute atomic E-state index is 0.0622. The summed E-state index contributed by atoms with van der Waals surface area (Å²) >= 11 is 0. The number of benzene rings is 1. The first kappa shape index (κ1) is 14.0. The van der Waals surface area contributed by atoms with Crippen LogP contribution < -0.4 is 5.73 Å². The molecule has 0 aliphatic carbocycles. The van der Waals surface area contributed by atoms with Gasteiger partial charge in [-0.3, -0.25) is 0 Å². The molecule has 2 atom stereocenters. The summed E-state index contributed by atoms with van der Waals surface area (Å²) in [7, 11) is -3.43. The van der Waals surface area contributed by atoms with Crippen LogP contribution in [0, 0.1) is 6.92 Å². The number of nitrogens with two attached hydrogens (primary N) is 1. The second-order valence-corrected chi connectivity index (χ2v) is 7.49. The molecule has 2 fully saturated rings. The molecular weight excluding hydrogens is 276 g/mol. The lowest BCUT2D eigenvalue weighted by molar-refractivity contribution is -0.0114.